The zero-order valence-electron chi connectivity index (χ0n) is 23.9. The maximum absolute atomic E-state index is 13.1. The molecule has 2 N–H and O–H groups in total. The molecule has 228 valence electrons. The van der Waals surface area contributed by atoms with Crippen molar-refractivity contribution in [2.45, 2.75) is 50.9 Å². The summed E-state index contributed by atoms with van der Waals surface area (Å²) in [5.74, 6) is -0.631. The van der Waals surface area contributed by atoms with Gasteiger partial charge in [-0.3, -0.25) is 19.7 Å². The number of nitro groups is 1. The Labute approximate surface area is 261 Å². The minimum atomic E-state index is -0.527. The maximum atomic E-state index is 13.1. The van der Waals surface area contributed by atoms with E-state index < -0.39 is 16.8 Å². The van der Waals surface area contributed by atoms with Crippen LogP contribution >= 0.6 is 23.1 Å². The third-order valence-corrected chi connectivity index (χ3v) is 9.13. The average Bonchev–Trinajstić information content (AvgIpc) is 3.59. The van der Waals surface area contributed by atoms with E-state index in [2.05, 4.69) is 20.8 Å². The topological polar surface area (TPSA) is 158 Å². The van der Waals surface area contributed by atoms with Crippen LogP contribution in [-0.4, -0.2) is 49.8 Å². The fourth-order valence-electron chi connectivity index (χ4n) is 4.84. The van der Waals surface area contributed by atoms with E-state index >= 15 is 0 Å². The molecule has 2 aromatic heterocycles. The Kier molecular flexibility index (Phi) is 10.0. The van der Waals surface area contributed by atoms with Crippen molar-refractivity contribution in [3.8, 4) is 0 Å². The van der Waals surface area contributed by atoms with Crippen LogP contribution in [0.3, 0.4) is 0 Å². The number of carbonyl (C=O) groups is 3. The minimum Gasteiger partial charge on any atom is -0.462 e. The molecule has 2 amide bonds. The summed E-state index contributed by atoms with van der Waals surface area (Å²) in [6.07, 6.45) is 3.71. The fourth-order valence-corrected chi connectivity index (χ4v) is 6.89. The summed E-state index contributed by atoms with van der Waals surface area (Å²) < 4.78 is 7.12. The molecule has 1 aliphatic rings. The number of thioether (sulfide) groups is 1. The van der Waals surface area contributed by atoms with E-state index in [1.165, 1.54) is 47.4 Å². The predicted molar refractivity (Wildman–Crippen MR) is 166 cm³/mol. The smallest absolute Gasteiger partial charge is 0.341 e. The van der Waals surface area contributed by atoms with Crippen molar-refractivity contribution in [1.82, 2.24) is 20.1 Å². The Balaban J connectivity index is 1.29. The molecule has 12 nitrogen and oxygen atoms in total. The molecule has 2 heterocycles. The van der Waals surface area contributed by atoms with Crippen molar-refractivity contribution in [3.05, 3.63) is 97.7 Å². The molecule has 14 heteroatoms. The van der Waals surface area contributed by atoms with Gasteiger partial charge in [-0.15, -0.1) is 21.5 Å². The predicted octanol–water partition coefficient (Wildman–Crippen LogP) is 5.01. The van der Waals surface area contributed by atoms with E-state index in [4.69, 9.17) is 4.74 Å². The van der Waals surface area contributed by atoms with Gasteiger partial charge in [-0.2, -0.15) is 0 Å². The number of non-ortho nitro benzene ring substituents is 1. The number of nitrogens with one attached hydrogen (secondary N) is 2. The molecule has 0 aliphatic heterocycles. The number of benzene rings is 2. The number of hydrogen-bond acceptors (Lipinski definition) is 10. The van der Waals surface area contributed by atoms with Crippen LogP contribution in [0.5, 0.6) is 0 Å². The summed E-state index contributed by atoms with van der Waals surface area (Å²) in [5.41, 5.74) is 2.58. The van der Waals surface area contributed by atoms with Crippen LogP contribution < -0.4 is 10.6 Å². The SMILES string of the molecule is CCOC(=O)c1c(NC(=O)CSc2nnc(CNC(=O)c3ccc([N+](=O)[O-])cc3)n2Cc2ccccc2)sc2c1CCCC2. The zero-order valence-corrected chi connectivity index (χ0v) is 25.5. The Morgan fingerprint density at radius 3 is 2.55 bits per heavy atom. The van der Waals surface area contributed by atoms with Crippen molar-refractivity contribution >= 4 is 51.6 Å². The number of rotatable bonds is 12. The average molecular weight is 635 g/mol. The van der Waals surface area contributed by atoms with E-state index in [1.807, 2.05) is 34.9 Å². The molecular weight excluding hydrogens is 605 g/mol. The quantitative estimate of drug-likeness (QED) is 0.0945. The van der Waals surface area contributed by atoms with Crippen LogP contribution in [0, 0.1) is 10.1 Å². The van der Waals surface area contributed by atoms with E-state index in [9.17, 15) is 24.5 Å². The molecule has 44 heavy (non-hydrogen) atoms. The molecule has 4 aromatic rings. The van der Waals surface area contributed by atoms with Gasteiger partial charge in [0, 0.05) is 22.6 Å². The molecule has 2 aromatic carbocycles. The molecule has 0 fully saturated rings. The third-order valence-electron chi connectivity index (χ3n) is 6.96. The standard InChI is InChI=1S/C30H30N6O6S2/c1-2-42-29(39)26-22-10-6-7-11-23(22)44-28(26)32-25(37)18-43-30-34-33-24(35(30)17-19-8-4-3-5-9-19)16-31-27(38)20-12-14-21(15-13-20)36(40)41/h3-5,8-9,12-15H,2,6-7,10-11,16-18H2,1H3,(H,31,38)(H,32,37). The van der Waals surface area contributed by atoms with Gasteiger partial charge >= 0.3 is 5.97 Å². The lowest BCUT2D eigenvalue weighted by Gasteiger charge is -2.12. The molecule has 0 atom stereocenters. The lowest BCUT2D eigenvalue weighted by atomic mass is 9.95. The normalized spacial score (nSPS) is 12.3. The molecular formula is C30H30N6O6S2. The highest BCUT2D eigenvalue weighted by atomic mass is 32.2. The highest BCUT2D eigenvalue weighted by Gasteiger charge is 2.27. The molecule has 0 bridgehead atoms. The van der Waals surface area contributed by atoms with Crippen molar-refractivity contribution in [2.75, 3.05) is 17.7 Å². The molecule has 0 saturated heterocycles. The Morgan fingerprint density at radius 2 is 1.82 bits per heavy atom. The van der Waals surface area contributed by atoms with Crippen LogP contribution in [0.1, 0.15) is 62.3 Å². The van der Waals surface area contributed by atoms with Crippen molar-refractivity contribution in [1.29, 1.82) is 0 Å². The van der Waals surface area contributed by atoms with Crippen molar-refractivity contribution in [3.63, 3.8) is 0 Å². The molecule has 0 radical (unpaired) electrons. The van der Waals surface area contributed by atoms with Gasteiger partial charge < -0.3 is 19.9 Å². The Morgan fingerprint density at radius 1 is 1.07 bits per heavy atom. The number of hydrogen-bond donors (Lipinski definition) is 2. The Bertz CT molecular complexity index is 1670. The maximum Gasteiger partial charge on any atom is 0.341 e. The van der Waals surface area contributed by atoms with Crippen LogP contribution in [0.25, 0.3) is 0 Å². The second-order valence-corrected chi connectivity index (χ2v) is 12.0. The van der Waals surface area contributed by atoms with Gasteiger partial charge in [-0.1, -0.05) is 42.1 Å². The van der Waals surface area contributed by atoms with Crippen molar-refractivity contribution < 1.29 is 24.0 Å². The molecule has 1 aliphatic carbocycles. The number of amides is 2. The first-order valence-corrected chi connectivity index (χ1v) is 15.9. The zero-order chi connectivity index (χ0) is 31.1. The number of fused-ring (bicyclic) bond motifs is 1. The van der Waals surface area contributed by atoms with E-state index in [0.29, 0.717) is 28.1 Å². The Hall–Kier alpha value is -4.56. The fraction of sp³-hybridized carbons (Fsp3) is 0.300. The number of carbonyl (C=O) groups excluding carboxylic acids is 3. The first-order chi connectivity index (χ1) is 21.3. The monoisotopic (exact) mass is 634 g/mol. The number of thiophene rings is 1. The van der Waals surface area contributed by atoms with Crippen LogP contribution in [0.15, 0.2) is 59.8 Å². The lowest BCUT2D eigenvalue weighted by molar-refractivity contribution is -0.384. The largest absolute Gasteiger partial charge is 0.462 e. The van der Waals surface area contributed by atoms with Gasteiger partial charge in [0.1, 0.15) is 5.00 Å². The van der Waals surface area contributed by atoms with Gasteiger partial charge in [0.2, 0.25) is 5.91 Å². The summed E-state index contributed by atoms with van der Waals surface area (Å²) in [4.78, 5) is 50.1. The van der Waals surface area contributed by atoms with Crippen molar-refractivity contribution in [2.24, 2.45) is 0 Å². The number of ether oxygens (including phenoxy) is 1. The van der Waals surface area contributed by atoms with Gasteiger partial charge in [0.05, 0.1) is 35.9 Å². The molecule has 0 spiro atoms. The summed E-state index contributed by atoms with van der Waals surface area (Å²) in [5, 5.41) is 26.2. The van der Waals surface area contributed by atoms with E-state index in [-0.39, 0.29) is 36.1 Å². The second-order valence-electron chi connectivity index (χ2n) is 9.93. The highest BCUT2D eigenvalue weighted by Crippen LogP contribution is 2.38. The molecule has 0 saturated carbocycles. The van der Waals surface area contributed by atoms with E-state index in [1.54, 1.807) is 6.92 Å². The van der Waals surface area contributed by atoms with Crippen LogP contribution in [-0.2, 0) is 35.5 Å². The number of aryl methyl sites for hydroxylation is 1. The van der Waals surface area contributed by atoms with Gasteiger partial charge in [0.25, 0.3) is 11.6 Å². The highest BCUT2D eigenvalue weighted by molar-refractivity contribution is 7.99. The van der Waals surface area contributed by atoms with Gasteiger partial charge in [0.15, 0.2) is 11.0 Å². The molecule has 0 unspecified atom stereocenters. The van der Waals surface area contributed by atoms with Crippen LogP contribution in [0.2, 0.25) is 0 Å². The first kappa shape index (κ1) is 30.9. The number of anilines is 1. The minimum absolute atomic E-state index is 0.0207. The number of nitrogens with zero attached hydrogens (tertiary/aromatic N) is 4. The summed E-state index contributed by atoms with van der Waals surface area (Å²) >= 11 is 2.63. The number of esters is 1. The van der Waals surface area contributed by atoms with Gasteiger partial charge in [-0.05, 0) is 55.9 Å². The van der Waals surface area contributed by atoms with Gasteiger partial charge in [-0.25, -0.2) is 4.79 Å². The second kappa shape index (κ2) is 14.3. The third kappa shape index (κ3) is 7.32. The summed E-state index contributed by atoms with van der Waals surface area (Å²) in [6, 6.07) is 15.0. The summed E-state index contributed by atoms with van der Waals surface area (Å²) in [7, 11) is 0. The molecule has 5 rings (SSSR count). The van der Waals surface area contributed by atoms with E-state index in [0.717, 1.165) is 41.7 Å². The summed E-state index contributed by atoms with van der Waals surface area (Å²) in [6.45, 7) is 2.46. The number of aromatic nitrogens is 3. The first-order valence-electron chi connectivity index (χ1n) is 14.1. The van der Waals surface area contributed by atoms with Crippen LogP contribution in [0.4, 0.5) is 10.7 Å². The number of nitro benzene ring substituents is 1. The lowest BCUT2D eigenvalue weighted by Crippen LogP contribution is -2.25.